The molecule has 1 atom stereocenters. The standard InChI is InChI=1S/C24H29N5O4/c1-13(12-27-23(32)33-24(2,3)4)14-5-7-15(8-6-14)16-9-10-17-18(11-16)28-21(29-22(26)31)19(17)20(25)30/h5-11,13,28H,12H2,1-4H3,(H2,25,30)(H,27,32)(H3,26,29,31). The monoisotopic (exact) mass is 451 g/mol. The molecule has 1 heterocycles. The van der Waals surface area contributed by atoms with Crippen LogP contribution in [0.15, 0.2) is 42.5 Å². The number of alkyl carbamates (subject to hydrolysis) is 1. The minimum absolute atomic E-state index is 0.0954. The van der Waals surface area contributed by atoms with Crippen LogP contribution in [0.25, 0.3) is 22.0 Å². The summed E-state index contributed by atoms with van der Waals surface area (Å²) in [7, 11) is 0. The summed E-state index contributed by atoms with van der Waals surface area (Å²) in [6, 6.07) is 12.7. The minimum Gasteiger partial charge on any atom is -0.444 e. The molecule has 7 N–H and O–H groups in total. The molecule has 33 heavy (non-hydrogen) atoms. The second-order valence-corrected chi connectivity index (χ2v) is 8.89. The third-order valence-corrected chi connectivity index (χ3v) is 5.06. The second-order valence-electron chi connectivity index (χ2n) is 8.89. The van der Waals surface area contributed by atoms with Crippen molar-refractivity contribution < 1.29 is 19.1 Å². The highest BCUT2D eigenvalue weighted by Crippen LogP contribution is 2.31. The van der Waals surface area contributed by atoms with Gasteiger partial charge in [0.05, 0.1) is 5.56 Å². The van der Waals surface area contributed by atoms with E-state index in [1.165, 1.54) is 0 Å². The van der Waals surface area contributed by atoms with Gasteiger partial charge < -0.3 is 26.5 Å². The SMILES string of the molecule is CC(CNC(=O)OC(C)(C)C)c1ccc(-c2ccc3c(C(N)=O)c(NC(N)=O)[nH]c3c2)cc1. The average Bonchev–Trinajstić information content (AvgIpc) is 3.07. The lowest BCUT2D eigenvalue weighted by molar-refractivity contribution is 0.0525. The molecule has 174 valence electrons. The van der Waals surface area contributed by atoms with E-state index in [1.54, 1.807) is 6.07 Å². The summed E-state index contributed by atoms with van der Waals surface area (Å²) in [5.74, 6) is -0.405. The Morgan fingerprint density at radius 1 is 1.03 bits per heavy atom. The lowest BCUT2D eigenvalue weighted by Crippen LogP contribution is -2.34. The predicted octanol–water partition coefficient (Wildman–Crippen LogP) is 4.05. The van der Waals surface area contributed by atoms with E-state index in [4.69, 9.17) is 16.2 Å². The molecular formula is C24H29N5O4. The molecule has 1 aromatic heterocycles. The van der Waals surface area contributed by atoms with E-state index in [-0.39, 0.29) is 17.3 Å². The summed E-state index contributed by atoms with van der Waals surface area (Å²) >= 11 is 0. The second kappa shape index (κ2) is 9.23. The number of aromatic nitrogens is 1. The van der Waals surface area contributed by atoms with Gasteiger partial charge in [-0.05, 0) is 49.4 Å². The number of amides is 4. The summed E-state index contributed by atoms with van der Waals surface area (Å²) < 4.78 is 5.27. The molecule has 0 radical (unpaired) electrons. The van der Waals surface area contributed by atoms with Gasteiger partial charge in [0, 0.05) is 17.4 Å². The number of aromatic amines is 1. The van der Waals surface area contributed by atoms with Crippen molar-refractivity contribution in [3.05, 3.63) is 53.6 Å². The fraction of sp³-hybridized carbons (Fsp3) is 0.292. The van der Waals surface area contributed by atoms with Crippen molar-refractivity contribution in [1.82, 2.24) is 10.3 Å². The van der Waals surface area contributed by atoms with Crippen LogP contribution in [0.3, 0.4) is 0 Å². The van der Waals surface area contributed by atoms with Crippen LogP contribution in [0.1, 0.15) is 49.5 Å². The highest BCUT2D eigenvalue weighted by molar-refractivity contribution is 6.13. The van der Waals surface area contributed by atoms with Gasteiger partial charge in [0.2, 0.25) is 0 Å². The average molecular weight is 452 g/mol. The number of benzene rings is 2. The lowest BCUT2D eigenvalue weighted by atomic mass is 9.97. The first-order valence-electron chi connectivity index (χ1n) is 10.5. The zero-order chi connectivity index (χ0) is 24.3. The highest BCUT2D eigenvalue weighted by Gasteiger charge is 2.19. The summed E-state index contributed by atoms with van der Waals surface area (Å²) in [5.41, 5.74) is 13.9. The number of urea groups is 1. The number of anilines is 1. The molecule has 4 amide bonds. The van der Waals surface area contributed by atoms with E-state index >= 15 is 0 Å². The van der Waals surface area contributed by atoms with Gasteiger partial charge >= 0.3 is 12.1 Å². The number of hydrogen-bond donors (Lipinski definition) is 5. The van der Waals surface area contributed by atoms with E-state index < -0.39 is 23.6 Å². The van der Waals surface area contributed by atoms with Crippen LogP contribution in [0, 0.1) is 0 Å². The van der Waals surface area contributed by atoms with Crippen molar-refractivity contribution in [3.63, 3.8) is 0 Å². The van der Waals surface area contributed by atoms with Crippen molar-refractivity contribution in [2.75, 3.05) is 11.9 Å². The van der Waals surface area contributed by atoms with E-state index in [0.29, 0.717) is 17.4 Å². The molecule has 9 heteroatoms. The minimum atomic E-state index is -0.796. The number of ether oxygens (including phenoxy) is 1. The third-order valence-electron chi connectivity index (χ3n) is 5.06. The Morgan fingerprint density at radius 3 is 2.24 bits per heavy atom. The van der Waals surface area contributed by atoms with Gasteiger partial charge in [-0.2, -0.15) is 0 Å². The molecule has 0 aliphatic carbocycles. The molecule has 0 saturated heterocycles. The Hall–Kier alpha value is -4.01. The number of carbonyl (C=O) groups excluding carboxylic acids is 3. The van der Waals surface area contributed by atoms with E-state index in [9.17, 15) is 14.4 Å². The Bertz CT molecular complexity index is 1190. The molecule has 0 aliphatic rings. The molecule has 9 nitrogen and oxygen atoms in total. The van der Waals surface area contributed by atoms with Crippen LogP contribution in [0.2, 0.25) is 0 Å². The van der Waals surface area contributed by atoms with Crippen LogP contribution in [-0.4, -0.2) is 35.2 Å². The van der Waals surface area contributed by atoms with Crippen LogP contribution in [0.5, 0.6) is 0 Å². The van der Waals surface area contributed by atoms with E-state index in [0.717, 1.165) is 16.7 Å². The summed E-state index contributed by atoms with van der Waals surface area (Å²) in [6.07, 6.45) is -0.439. The summed E-state index contributed by atoms with van der Waals surface area (Å²) in [4.78, 5) is 38.0. The Kier molecular flexibility index (Phi) is 6.62. The number of primary amides is 2. The molecule has 0 saturated carbocycles. The van der Waals surface area contributed by atoms with Crippen molar-refractivity contribution in [2.24, 2.45) is 11.5 Å². The number of nitrogens with one attached hydrogen (secondary N) is 3. The largest absolute Gasteiger partial charge is 0.444 e. The number of nitrogens with two attached hydrogens (primary N) is 2. The predicted molar refractivity (Wildman–Crippen MR) is 128 cm³/mol. The zero-order valence-corrected chi connectivity index (χ0v) is 19.1. The third kappa shape index (κ3) is 5.82. The molecule has 3 rings (SSSR count). The molecule has 2 aromatic carbocycles. The van der Waals surface area contributed by atoms with Gasteiger partial charge in [-0.15, -0.1) is 0 Å². The Morgan fingerprint density at radius 2 is 1.67 bits per heavy atom. The zero-order valence-electron chi connectivity index (χ0n) is 19.1. The molecule has 0 spiro atoms. The van der Waals surface area contributed by atoms with Gasteiger partial charge in [0.25, 0.3) is 5.91 Å². The maximum absolute atomic E-state index is 11.9. The Balaban J connectivity index is 1.77. The fourth-order valence-corrected chi connectivity index (χ4v) is 3.52. The van der Waals surface area contributed by atoms with Crippen molar-refractivity contribution in [3.8, 4) is 11.1 Å². The first kappa shape index (κ1) is 23.6. The van der Waals surface area contributed by atoms with Crippen molar-refractivity contribution >= 4 is 34.8 Å². The maximum Gasteiger partial charge on any atom is 0.407 e. The molecule has 3 aromatic rings. The smallest absolute Gasteiger partial charge is 0.407 e. The number of rotatable bonds is 6. The molecule has 1 unspecified atom stereocenters. The molecule has 0 bridgehead atoms. The summed E-state index contributed by atoms with van der Waals surface area (Å²) in [5, 5.41) is 5.78. The normalized spacial score (nSPS) is 12.2. The van der Waals surface area contributed by atoms with Crippen molar-refractivity contribution in [1.29, 1.82) is 0 Å². The molecule has 0 aliphatic heterocycles. The van der Waals surface area contributed by atoms with Crippen molar-refractivity contribution in [2.45, 2.75) is 39.2 Å². The Labute approximate surface area is 191 Å². The highest BCUT2D eigenvalue weighted by atomic mass is 16.6. The first-order valence-corrected chi connectivity index (χ1v) is 10.5. The number of carbonyl (C=O) groups is 3. The number of fused-ring (bicyclic) bond motifs is 1. The van der Waals surface area contributed by atoms with Crippen LogP contribution in [0.4, 0.5) is 15.4 Å². The van der Waals surface area contributed by atoms with Crippen LogP contribution in [-0.2, 0) is 4.74 Å². The van der Waals surface area contributed by atoms with Gasteiger partial charge in [0.15, 0.2) is 0 Å². The number of hydrogen-bond acceptors (Lipinski definition) is 4. The quantitative estimate of drug-likeness (QED) is 0.384. The van der Waals surface area contributed by atoms with Gasteiger partial charge in [-0.1, -0.05) is 43.3 Å². The van der Waals surface area contributed by atoms with E-state index in [1.807, 2.05) is 64.1 Å². The maximum atomic E-state index is 11.9. The summed E-state index contributed by atoms with van der Waals surface area (Å²) in [6.45, 7) is 7.94. The fourth-order valence-electron chi connectivity index (χ4n) is 3.52. The first-order chi connectivity index (χ1) is 15.4. The van der Waals surface area contributed by atoms with Gasteiger partial charge in [-0.25, -0.2) is 9.59 Å². The van der Waals surface area contributed by atoms with Crippen LogP contribution < -0.4 is 22.1 Å². The lowest BCUT2D eigenvalue weighted by Gasteiger charge is -2.21. The topological polar surface area (TPSA) is 152 Å². The molecular weight excluding hydrogens is 422 g/mol. The number of H-pyrrole nitrogens is 1. The molecule has 0 fully saturated rings. The van der Waals surface area contributed by atoms with Gasteiger partial charge in [0.1, 0.15) is 11.4 Å². The van der Waals surface area contributed by atoms with Gasteiger partial charge in [-0.3, -0.25) is 10.1 Å². The van der Waals surface area contributed by atoms with Crippen LogP contribution >= 0.6 is 0 Å². The van der Waals surface area contributed by atoms with E-state index in [2.05, 4.69) is 15.6 Å².